The number of nitrogens with zero attached hydrogens (tertiary/aromatic N) is 2. The Bertz CT molecular complexity index is 612. The smallest absolute Gasteiger partial charge is 0.132 e. The summed E-state index contributed by atoms with van der Waals surface area (Å²) in [5.74, 6) is 1.80. The van der Waals surface area contributed by atoms with Gasteiger partial charge in [-0.3, -0.25) is 0 Å². The lowest BCUT2D eigenvalue weighted by molar-refractivity contribution is 0.720. The fourth-order valence-electron chi connectivity index (χ4n) is 2.37. The molecule has 18 heavy (non-hydrogen) atoms. The molecule has 0 spiro atoms. The van der Waals surface area contributed by atoms with E-state index in [2.05, 4.69) is 50.6 Å². The minimum atomic E-state index is 0.565. The van der Waals surface area contributed by atoms with E-state index in [1.165, 1.54) is 18.4 Å². The van der Waals surface area contributed by atoms with E-state index in [4.69, 9.17) is 5.73 Å². The van der Waals surface area contributed by atoms with E-state index in [1.807, 2.05) is 6.92 Å². The van der Waals surface area contributed by atoms with E-state index in [0.717, 1.165) is 27.4 Å². The van der Waals surface area contributed by atoms with Gasteiger partial charge in [0, 0.05) is 16.1 Å². The molecule has 0 atom stereocenters. The summed E-state index contributed by atoms with van der Waals surface area (Å²) in [4.78, 5) is 4.64. The zero-order chi connectivity index (χ0) is 12.9. The summed E-state index contributed by atoms with van der Waals surface area (Å²) in [6.07, 6.45) is 2.44. The molecule has 0 aliphatic heterocycles. The number of hydrogen-bond acceptors (Lipinski definition) is 2. The van der Waals surface area contributed by atoms with Crippen molar-refractivity contribution in [2.45, 2.75) is 32.7 Å². The van der Waals surface area contributed by atoms with Crippen LogP contribution in [0.15, 0.2) is 22.7 Å². The van der Waals surface area contributed by atoms with Crippen LogP contribution in [0.25, 0.3) is 11.3 Å². The van der Waals surface area contributed by atoms with Crippen LogP contribution < -0.4 is 5.73 Å². The minimum absolute atomic E-state index is 0.565. The first-order valence-corrected chi connectivity index (χ1v) is 6.98. The lowest BCUT2D eigenvalue weighted by Gasteiger charge is -2.06. The van der Waals surface area contributed by atoms with Crippen molar-refractivity contribution < 1.29 is 0 Å². The molecular formula is C14H16BrN3. The second-order valence-corrected chi connectivity index (χ2v) is 5.83. The lowest BCUT2D eigenvalue weighted by Crippen LogP contribution is -2.02. The third-order valence-corrected chi connectivity index (χ3v) is 4.07. The van der Waals surface area contributed by atoms with Crippen molar-refractivity contribution in [1.29, 1.82) is 0 Å². The van der Waals surface area contributed by atoms with Gasteiger partial charge in [-0.1, -0.05) is 28.1 Å². The highest BCUT2D eigenvalue weighted by molar-refractivity contribution is 9.10. The van der Waals surface area contributed by atoms with E-state index in [9.17, 15) is 0 Å². The summed E-state index contributed by atoms with van der Waals surface area (Å²) >= 11 is 3.60. The highest BCUT2D eigenvalue weighted by atomic mass is 79.9. The number of halogens is 1. The second kappa shape index (κ2) is 4.12. The van der Waals surface area contributed by atoms with Crippen molar-refractivity contribution in [2.75, 3.05) is 5.73 Å². The molecule has 0 amide bonds. The standard InChI is InChI=1S/C14H16BrN3/c1-8-3-6-11(12(15)7-8)13-14(16)18(9(2)17-13)10-4-5-10/h3,6-7,10H,4-5,16H2,1-2H3. The Kier molecular flexibility index (Phi) is 2.70. The maximum Gasteiger partial charge on any atom is 0.132 e. The van der Waals surface area contributed by atoms with Crippen LogP contribution in [0, 0.1) is 13.8 Å². The molecule has 1 heterocycles. The van der Waals surface area contributed by atoms with Crippen molar-refractivity contribution in [2.24, 2.45) is 0 Å². The number of benzene rings is 1. The van der Waals surface area contributed by atoms with Crippen molar-refractivity contribution in [3.8, 4) is 11.3 Å². The average molecular weight is 306 g/mol. The van der Waals surface area contributed by atoms with E-state index < -0.39 is 0 Å². The molecule has 0 bridgehead atoms. The zero-order valence-corrected chi connectivity index (χ0v) is 12.2. The highest BCUT2D eigenvalue weighted by Gasteiger charge is 2.29. The number of anilines is 1. The van der Waals surface area contributed by atoms with Crippen LogP contribution in [0.1, 0.15) is 30.3 Å². The Labute approximate surface area is 115 Å². The topological polar surface area (TPSA) is 43.8 Å². The van der Waals surface area contributed by atoms with Crippen molar-refractivity contribution >= 4 is 21.7 Å². The molecular weight excluding hydrogens is 290 g/mol. The summed E-state index contributed by atoms with van der Waals surface area (Å²) < 4.78 is 3.22. The Balaban J connectivity index is 2.14. The maximum absolute atomic E-state index is 6.26. The van der Waals surface area contributed by atoms with Gasteiger partial charge in [0.1, 0.15) is 17.3 Å². The molecule has 2 N–H and O–H groups in total. The molecule has 1 aliphatic rings. The Morgan fingerprint density at radius 1 is 1.33 bits per heavy atom. The van der Waals surface area contributed by atoms with Crippen LogP contribution in [-0.2, 0) is 0 Å². The predicted octanol–water partition coefficient (Wildman–Crippen LogP) is 3.85. The SMILES string of the molecule is Cc1ccc(-c2nc(C)n(C3CC3)c2N)c(Br)c1. The van der Waals surface area contributed by atoms with Crippen LogP contribution in [0.5, 0.6) is 0 Å². The van der Waals surface area contributed by atoms with Crippen molar-refractivity contribution in [1.82, 2.24) is 9.55 Å². The van der Waals surface area contributed by atoms with E-state index >= 15 is 0 Å². The van der Waals surface area contributed by atoms with Gasteiger partial charge in [0.25, 0.3) is 0 Å². The van der Waals surface area contributed by atoms with Crippen LogP contribution in [0.3, 0.4) is 0 Å². The summed E-state index contributed by atoms with van der Waals surface area (Å²) in [6, 6.07) is 6.83. The van der Waals surface area contributed by atoms with Gasteiger partial charge in [0.05, 0.1) is 0 Å². The molecule has 0 radical (unpaired) electrons. The maximum atomic E-state index is 6.26. The summed E-state index contributed by atoms with van der Waals surface area (Å²) in [6.45, 7) is 4.10. The number of nitrogen functional groups attached to an aromatic ring is 1. The molecule has 2 aromatic rings. The molecule has 1 aromatic heterocycles. The van der Waals surface area contributed by atoms with E-state index in [-0.39, 0.29) is 0 Å². The molecule has 94 valence electrons. The monoisotopic (exact) mass is 305 g/mol. The van der Waals surface area contributed by atoms with Gasteiger partial charge in [-0.15, -0.1) is 0 Å². The fraction of sp³-hybridized carbons (Fsp3) is 0.357. The van der Waals surface area contributed by atoms with Gasteiger partial charge in [-0.2, -0.15) is 0 Å². The van der Waals surface area contributed by atoms with Crippen LogP contribution in [0.2, 0.25) is 0 Å². The summed E-state index contributed by atoms with van der Waals surface area (Å²) in [7, 11) is 0. The zero-order valence-electron chi connectivity index (χ0n) is 10.6. The average Bonchev–Trinajstić information content (AvgIpc) is 3.07. The summed E-state index contributed by atoms with van der Waals surface area (Å²) in [5, 5.41) is 0. The minimum Gasteiger partial charge on any atom is -0.383 e. The van der Waals surface area contributed by atoms with Gasteiger partial charge < -0.3 is 10.3 Å². The molecule has 0 saturated heterocycles. The number of imidazole rings is 1. The molecule has 1 aliphatic carbocycles. The van der Waals surface area contributed by atoms with Crippen LogP contribution in [0.4, 0.5) is 5.82 Å². The van der Waals surface area contributed by atoms with Crippen molar-refractivity contribution in [3.05, 3.63) is 34.1 Å². The Morgan fingerprint density at radius 3 is 2.67 bits per heavy atom. The number of hydrogen-bond donors (Lipinski definition) is 1. The molecule has 1 aromatic carbocycles. The first kappa shape index (κ1) is 11.8. The molecule has 3 rings (SSSR count). The van der Waals surface area contributed by atoms with Crippen LogP contribution in [-0.4, -0.2) is 9.55 Å². The Morgan fingerprint density at radius 2 is 2.06 bits per heavy atom. The first-order chi connectivity index (χ1) is 8.58. The molecule has 1 fully saturated rings. The van der Waals surface area contributed by atoms with E-state index in [1.54, 1.807) is 0 Å². The third kappa shape index (κ3) is 1.85. The van der Waals surface area contributed by atoms with Gasteiger partial charge in [-0.25, -0.2) is 4.98 Å². The number of nitrogens with two attached hydrogens (primary N) is 1. The molecule has 1 saturated carbocycles. The third-order valence-electron chi connectivity index (χ3n) is 3.42. The molecule has 0 unspecified atom stereocenters. The largest absolute Gasteiger partial charge is 0.383 e. The summed E-state index contributed by atoms with van der Waals surface area (Å²) in [5.41, 5.74) is 9.45. The fourth-order valence-corrected chi connectivity index (χ4v) is 3.05. The van der Waals surface area contributed by atoms with Gasteiger partial charge >= 0.3 is 0 Å². The molecule has 4 heteroatoms. The lowest BCUT2D eigenvalue weighted by atomic mass is 10.1. The van der Waals surface area contributed by atoms with Crippen molar-refractivity contribution in [3.63, 3.8) is 0 Å². The van der Waals surface area contributed by atoms with Crippen LogP contribution >= 0.6 is 15.9 Å². The first-order valence-electron chi connectivity index (χ1n) is 6.18. The van der Waals surface area contributed by atoms with Gasteiger partial charge in [-0.05, 0) is 38.3 Å². The van der Waals surface area contributed by atoms with Gasteiger partial charge in [0.2, 0.25) is 0 Å². The number of aryl methyl sites for hydroxylation is 2. The normalized spacial score (nSPS) is 15.1. The quantitative estimate of drug-likeness (QED) is 0.916. The predicted molar refractivity (Wildman–Crippen MR) is 77.5 cm³/mol. The highest BCUT2D eigenvalue weighted by Crippen LogP contribution is 2.41. The second-order valence-electron chi connectivity index (χ2n) is 4.98. The number of rotatable bonds is 2. The van der Waals surface area contributed by atoms with Gasteiger partial charge in [0.15, 0.2) is 0 Å². The Hall–Kier alpha value is -1.29. The number of aromatic nitrogens is 2. The van der Waals surface area contributed by atoms with E-state index in [0.29, 0.717) is 6.04 Å². The molecule has 3 nitrogen and oxygen atoms in total.